The number of esters is 2. The van der Waals surface area contributed by atoms with Gasteiger partial charge in [-0.3, -0.25) is 9.59 Å². The van der Waals surface area contributed by atoms with Crippen molar-refractivity contribution in [1.82, 2.24) is 0 Å². The minimum absolute atomic E-state index is 0.181. The molecule has 0 rings (SSSR count). The van der Waals surface area contributed by atoms with Crippen LogP contribution in [0.1, 0.15) is 399 Å². The lowest BCUT2D eigenvalue weighted by Crippen LogP contribution is -2.40. The first-order chi connectivity index (χ1) is 47.6. The normalized spacial score (nSPS) is 13.0. The molecule has 97 heavy (non-hydrogen) atoms. The maximum Gasteiger partial charge on any atom is 0.361 e. The molecule has 0 aromatic heterocycles. The summed E-state index contributed by atoms with van der Waals surface area (Å²) in [6, 6.07) is 0. The number of carbonyl (C=O) groups excluding carboxylic acids is 2. The summed E-state index contributed by atoms with van der Waals surface area (Å²) in [5.74, 6) is -1.98. The minimum atomic E-state index is -1.51. The van der Waals surface area contributed by atoms with Crippen molar-refractivity contribution in [3.63, 3.8) is 0 Å². The fraction of sp³-hybridized carbons (Fsp3) is 0.807. The molecule has 2 unspecified atom stereocenters. The third-order valence-electron chi connectivity index (χ3n) is 18.7. The van der Waals surface area contributed by atoms with Crippen molar-refractivity contribution in [2.24, 2.45) is 0 Å². The maximum absolute atomic E-state index is 13.0. The molecule has 9 nitrogen and oxygen atoms in total. The van der Waals surface area contributed by atoms with E-state index in [4.69, 9.17) is 18.9 Å². The van der Waals surface area contributed by atoms with Gasteiger partial charge in [0.1, 0.15) is 13.2 Å². The van der Waals surface area contributed by atoms with E-state index in [1.54, 1.807) is 0 Å². The predicted octanol–water partition coefficient (Wildman–Crippen LogP) is 26.9. The van der Waals surface area contributed by atoms with Crippen molar-refractivity contribution in [1.29, 1.82) is 0 Å². The van der Waals surface area contributed by atoms with Gasteiger partial charge in [-0.25, -0.2) is 4.79 Å². The second kappa shape index (κ2) is 78.2. The van der Waals surface area contributed by atoms with E-state index < -0.39 is 24.3 Å². The van der Waals surface area contributed by atoms with Gasteiger partial charge in [0.25, 0.3) is 6.29 Å². The van der Waals surface area contributed by atoms with E-state index in [1.807, 2.05) is 21.1 Å². The number of ether oxygens (including phenoxy) is 4. The van der Waals surface area contributed by atoms with Crippen LogP contribution in [0.15, 0.2) is 85.1 Å². The van der Waals surface area contributed by atoms with E-state index in [0.717, 1.165) is 83.5 Å². The minimum Gasteiger partial charge on any atom is -0.477 e. The summed E-state index contributed by atoms with van der Waals surface area (Å²) in [7, 11) is 5.99. The molecule has 0 heterocycles. The molecule has 0 radical (unpaired) electrons. The van der Waals surface area contributed by atoms with Crippen LogP contribution in [0.25, 0.3) is 0 Å². The van der Waals surface area contributed by atoms with Gasteiger partial charge in [-0.2, -0.15) is 0 Å². The number of quaternary nitrogens is 1. The zero-order valence-electron chi connectivity index (χ0n) is 64.7. The predicted molar refractivity (Wildman–Crippen MR) is 419 cm³/mol. The first-order valence-electron chi connectivity index (χ1n) is 41.8. The van der Waals surface area contributed by atoms with Gasteiger partial charge < -0.3 is 28.5 Å². The number of unbranched alkanes of at least 4 members (excludes halogenated alkanes) is 49. The molecule has 0 aromatic rings. The van der Waals surface area contributed by atoms with Gasteiger partial charge in [0.2, 0.25) is 0 Å². The van der Waals surface area contributed by atoms with E-state index in [-0.39, 0.29) is 32.2 Å². The summed E-state index contributed by atoms with van der Waals surface area (Å²) < 4.78 is 23.1. The summed E-state index contributed by atoms with van der Waals surface area (Å²) in [5.41, 5.74) is 0. The molecular formula is C88H160NO8+. The molecule has 0 aromatic carbocycles. The molecule has 9 heteroatoms. The number of hydrogen-bond acceptors (Lipinski definition) is 7. The second-order valence-electron chi connectivity index (χ2n) is 29.4. The standard InChI is InChI=1S/C88H159NO8/c1-6-8-10-12-14-16-18-20-22-24-26-28-30-32-34-36-38-40-42-43-45-46-48-50-52-54-56-58-60-62-64-66-68-70-72-74-76-78-85(90)95-82-84(83-96-88(87(92)93)94-81-80-89(3,4)5)97-86(91)79-77-75-73-71-69-67-65-63-61-59-57-55-53-51-49-47-44-41-39-37-35-33-31-29-27-25-23-21-19-17-15-13-11-9-7-2/h9,11,15,17,21,23,27,29,33,35,39,41,47,49,84,88H,6-8,10,12-14,16,18-20,22,24-26,28,30-32,34,36-38,40,42-46,48,50-83H2,1-5H3/p+1/b11-9-,17-15-,23-21-,29-27-,35-33-,41-39-,49-47-. The quantitative estimate of drug-likeness (QED) is 0.0211. The van der Waals surface area contributed by atoms with Gasteiger partial charge in [-0.05, 0) is 70.6 Å². The third kappa shape index (κ3) is 79.7. The summed E-state index contributed by atoms with van der Waals surface area (Å²) in [4.78, 5) is 37.8. The summed E-state index contributed by atoms with van der Waals surface area (Å²) in [5, 5.41) is 9.78. The zero-order chi connectivity index (χ0) is 70.4. The number of aliphatic carboxylic acids is 1. The van der Waals surface area contributed by atoms with Crippen LogP contribution in [0.3, 0.4) is 0 Å². The fourth-order valence-corrected chi connectivity index (χ4v) is 12.4. The highest BCUT2D eigenvalue weighted by Gasteiger charge is 2.25. The number of nitrogens with zero attached hydrogens (tertiary/aromatic N) is 1. The monoisotopic (exact) mass is 1360 g/mol. The van der Waals surface area contributed by atoms with Crippen LogP contribution in [0.4, 0.5) is 0 Å². The van der Waals surface area contributed by atoms with Gasteiger partial charge in [0.05, 0.1) is 34.4 Å². The number of carboxylic acid groups (broad SMARTS) is 1. The Hall–Kier alpha value is -3.53. The third-order valence-corrected chi connectivity index (χ3v) is 18.7. The smallest absolute Gasteiger partial charge is 0.361 e. The summed E-state index contributed by atoms with van der Waals surface area (Å²) in [6.07, 6.45) is 105. The van der Waals surface area contributed by atoms with Crippen LogP contribution in [-0.4, -0.2) is 87.4 Å². The van der Waals surface area contributed by atoms with Gasteiger partial charge in [0, 0.05) is 12.8 Å². The van der Waals surface area contributed by atoms with E-state index in [0.29, 0.717) is 17.4 Å². The van der Waals surface area contributed by atoms with Crippen LogP contribution < -0.4 is 0 Å². The molecule has 0 aliphatic rings. The van der Waals surface area contributed by atoms with E-state index >= 15 is 0 Å². The number of allylic oxidation sites excluding steroid dienone is 14. The molecule has 0 fully saturated rings. The number of rotatable bonds is 78. The number of carbonyl (C=O) groups is 3. The average Bonchev–Trinajstić information content (AvgIpc) is 3.74. The van der Waals surface area contributed by atoms with E-state index in [2.05, 4.69) is 98.9 Å². The van der Waals surface area contributed by atoms with Crippen molar-refractivity contribution >= 4 is 17.9 Å². The molecule has 2 atom stereocenters. The Balaban J connectivity index is 3.98. The van der Waals surface area contributed by atoms with Crippen LogP contribution in [0, 0.1) is 0 Å². The molecule has 0 amide bonds. The first-order valence-corrected chi connectivity index (χ1v) is 41.8. The van der Waals surface area contributed by atoms with Crippen molar-refractivity contribution < 1.29 is 42.9 Å². The van der Waals surface area contributed by atoms with Crippen molar-refractivity contribution in [2.45, 2.75) is 411 Å². The lowest BCUT2D eigenvalue weighted by molar-refractivity contribution is -0.870. The van der Waals surface area contributed by atoms with Crippen LogP contribution in [0.2, 0.25) is 0 Å². The average molecular weight is 1360 g/mol. The Labute approximate surface area is 601 Å². The molecule has 0 saturated carbocycles. The highest BCUT2D eigenvalue weighted by molar-refractivity contribution is 5.71. The zero-order valence-corrected chi connectivity index (χ0v) is 64.7. The van der Waals surface area contributed by atoms with Gasteiger partial charge in [-0.1, -0.05) is 401 Å². The highest BCUT2D eigenvalue weighted by Crippen LogP contribution is 2.20. The van der Waals surface area contributed by atoms with Crippen LogP contribution in [0.5, 0.6) is 0 Å². The van der Waals surface area contributed by atoms with Gasteiger partial charge >= 0.3 is 17.9 Å². The maximum atomic E-state index is 13.0. The first kappa shape index (κ1) is 93.5. The largest absolute Gasteiger partial charge is 0.477 e. The lowest BCUT2D eigenvalue weighted by atomic mass is 10.0. The number of likely N-dealkylation sites (N-methyl/N-ethyl adjacent to an activating group) is 1. The Morgan fingerprint density at radius 2 is 0.588 bits per heavy atom. The SMILES string of the molecule is CC/C=C\C/C=C\C/C=C\C/C=C\C/C=C\C/C=C\C/C=C\CCCCCCCCCCCCCCCC(=O)OC(COC(=O)CCCCCCCCCCCCCCCCCCCCCCCCCCCCCCCCCCCCCCC)COC(OCC[N+](C)(C)C)C(=O)O. The molecule has 0 aliphatic heterocycles. The molecule has 564 valence electrons. The molecular weight excluding hydrogens is 1200 g/mol. The Bertz CT molecular complexity index is 1870. The fourth-order valence-electron chi connectivity index (χ4n) is 12.4. The Kier molecular flexibility index (Phi) is 75.3. The lowest BCUT2D eigenvalue weighted by Gasteiger charge is -2.25. The van der Waals surface area contributed by atoms with Gasteiger partial charge in [-0.15, -0.1) is 0 Å². The van der Waals surface area contributed by atoms with Crippen LogP contribution in [-0.2, 0) is 33.3 Å². The van der Waals surface area contributed by atoms with E-state index in [1.165, 1.54) is 289 Å². The molecule has 0 spiro atoms. The Morgan fingerprint density at radius 3 is 0.876 bits per heavy atom. The second-order valence-corrected chi connectivity index (χ2v) is 29.4. The van der Waals surface area contributed by atoms with Crippen molar-refractivity contribution in [2.75, 3.05) is 47.5 Å². The number of carboxylic acids is 1. The van der Waals surface area contributed by atoms with Gasteiger partial charge in [0.15, 0.2) is 6.10 Å². The number of hydrogen-bond donors (Lipinski definition) is 1. The summed E-state index contributed by atoms with van der Waals surface area (Å²) >= 11 is 0. The topological polar surface area (TPSA) is 108 Å². The summed E-state index contributed by atoms with van der Waals surface area (Å²) in [6.45, 7) is 4.82. The highest BCUT2D eigenvalue weighted by atomic mass is 16.7. The molecule has 0 saturated heterocycles. The van der Waals surface area contributed by atoms with Crippen LogP contribution >= 0.6 is 0 Å². The molecule has 1 N–H and O–H groups in total. The van der Waals surface area contributed by atoms with Crippen molar-refractivity contribution in [3.05, 3.63) is 85.1 Å². The Morgan fingerprint density at radius 1 is 0.320 bits per heavy atom. The molecule has 0 bridgehead atoms. The van der Waals surface area contributed by atoms with E-state index in [9.17, 15) is 19.5 Å². The molecule has 0 aliphatic carbocycles. The van der Waals surface area contributed by atoms with Crippen molar-refractivity contribution in [3.8, 4) is 0 Å².